The summed E-state index contributed by atoms with van der Waals surface area (Å²) in [6.45, 7) is 14.2. The minimum atomic E-state index is -6.66. The molecule has 4 aliphatic rings. The SMILES string of the molecule is [CH2]=[Zr]([Cl])([Cl])([CH2]C1CCCCC1)([CH2]C1CCCCC1)([CH]1C=CC=C1)[CH]1c2cc(-c3ccccc3)c(C(C)(C)C)cc2-c2cc(C(C)(C)C)c(-c3ccccc3)cc21. The fourth-order valence-corrected chi connectivity index (χ4v) is 48.2. The van der Waals surface area contributed by atoms with Gasteiger partial charge in [-0.3, -0.25) is 0 Å². The zero-order chi connectivity index (χ0) is 39.7. The van der Waals surface area contributed by atoms with Crippen molar-refractivity contribution in [3.8, 4) is 33.4 Å². The molecule has 0 nitrogen and oxygen atoms in total. The fraction of sp³-hybridized carbons (Fsp3) is 0.453. The molecular formula is C53H66Cl2Zr. The topological polar surface area (TPSA) is 0 Å². The molecule has 0 amide bonds. The summed E-state index contributed by atoms with van der Waals surface area (Å²) >= 11 is -6.66. The first-order valence-corrected chi connectivity index (χ1v) is 36.5. The van der Waals surface area contributed by atoms with Crippen LogP contribution in [0.5, 0.6) is 0 Å². The van der Waals surface area contributed by atoms with Crippen molar-refractivity contribution in [1.82, 2.24) is 0 Å². The number of hydrogen-bond acceptors (Lipinski definition) is 0. The third kappa shape index (κ3) is 6.71. The van der Waals surface area contributed by atoms with E-state index in [-0.39, 0.29) is 18.1 Å². The van der Waals surface area contributed by atoms with E-state index >= 15 is 0 Å². The van der Waals surface area contributed by atoms with Crippen LogP contribution in [0.25, 0.3) is 33.4 Å². The molecule has 0 aliphatic heterocycles. The first-order valence-electron chi connectivity index (χ1n) is 22.1. The van der Waals surface area contributed by atoms with Crippen molar-refractivity contribution >= 4 is 21.2 Å². The summed E-state index contributed by atoms with van der Waals surface area (Å²) in [7, 11) is 19.3. The Morgan fingerprint density at radius 2 is 0.911 bits per heavy atom. The van der Waals surface area contributed by atoms with Crippen LogP contribution in [0.3, 0.4) is 0 Å². The summed E-state index contributed by atoms with van der Waals surface area (Å²) in [5.41, 5.74) is 12.9. The molecule has 0 N–H and O–H groups in total. The summed E-state index contributed by atoms with van der Waals surface area (Å²) in [5, 5.41) is 0. The van der Waals surface area contributed by atoms with Crippen LogP contribution in [-0.4, -0.2) is 4.21 Å². The van der Waals surface area contributed by atoms with Crippen LogP contribution in [0.4, 0.5) is 0 Å². The van der Waals surface area contributed by atoms with Gasteiger partial charge in [0.05, 0.1) is 0 Å². The van der Waals surface area contributed by atoms with Gasteiger partial charge in [0.15, 0.2) is 0 Å². The van der Waals surface area contributed by atoms with Crippen molar-refractivity contribution in [2.24, 2.45) is 11.8 Å². The van der Waals surface area contributed by atoms with E-state index in [4.69, 9.17) is 4.21 Å². The molecule has 0 spiro atoms. The summed E-state index contributed by atoms with van der Waals surface area (Å²) in [6.07, 6.45) is 21.7. The zero-order valence-corrected chi connectivity index (χ0v) is 39.1. The number of fused-ring (bicyclic) bond motifs is 3. The van der Waals surface area contributed by atoms with Crippen LogP contribution in [0, 0.1) is 11.8 Å². The third-order valence-electron chi connectivity index (χ3n) is 15.4. The van der Waals surface area contributed by atoms with E-state index in [1.807, 2.05) is 0 Å². The van der Waals surface area contributed by atoms with Gasteiger partial charge in [-0.1, -0.05) is 0 Å². The van der Waals surface area contributed by atoms with E-state index in [0.717, 1.165) is 8.26 Å². The summed E-state index contributed by atoms with van der Waals surface area (Å²) < 4.78 is 7.24. The minimum absolute atomic E-state index is 0.0886. The van der Waals surface area contributed by atoms with E-state index in [0.29, 0.717) is 11.8 Å². The Morgan fingerprint density at radius 1 is 0.536 bits per heavy atom. The van der Waals surface area contributed by atoms with Gasteiger partial charge in [-0.25, -0.2) is 0 Å². The van der Waals surface area contributed by atoms with E-state index in [1.165, 1.54) is 120 Å². The predicted molar refractivity (Wildman–Crippen MR) is 246 cm³/mol. The number of rotatable bonds is 8. The number of allylic oxidation sites excluding steroid dienone is 4. The quantitative estimate of drug-likeness (QED) is 0.166. The van der Waals surface area contributed by atoms with E-state index in [9.17, 15) is 17.0 Å². The van der Waals surface area contributed by atoms with Gasteiger partial charge in [0.1, 0.15) is 0 Å². The van der Waals surface area contributed by atoms with Crippen LogP contribution in [-0.2, 0) is 23.8 Å². The molecule has 0 heterocycles. The normalized spacial score (nSPS) is 20.6. The average Bonchev–Trinajstić information content (AvgIpc) is 3.84. The van der Waals surface area contributed by atoms with Crippen molar-refractivity contribution < 1.29 is 12.9 Å². The van der Waals surface area contributed by atoms with Gasteiger partial charge < -0.3 is 0 Å². The Kier molecular flexibility index (Phi) is 9.65. The Morgan fingerprint density at radius 3 is 1.27 bits per heavy atom. The second kappa shape index (κ2) is 13.4. The van der Waals surface area contributed by atoms with Gasteiger partial charge in [0.2, 0.25) is 0 Å². The molecule has 8 rings (SSSR count). The third-order valence-corrected chi connectivity index (χ3v) is 47.1. The number of halogens is 2. The molecular weight excluding hydrogens is 799 g/mol. The zero-order valence-electron chi connectivity index (χ0n) is 35.2. The van der Waals surface area contributed by atoms with Crippen LogP contribution in [0.1, 0.15) is 132 Å². The average molecular weight is 865 g/mol. The van der Waals surface area contributed by atoms with Gasteiger partial charge in [-0.2, -0.15) is 0 Å². The molecule has 2 fully saturated rings. The van der Waals surface area contributed by atoms with E-state index in [1.54, 1.807) is 0 Å². The van der Waals surface area contributed by atoms with Gasteiger partial charge in [-0.05, 0) is 0 Å². The van der Waals surface area contributed by atoms with Crippen LogP contribution in [0.15, 0.2) is 109 Å². The molecule has 4 aromatic carbocycles. The van der Waals surface area contributed by atoms with Crippen LogP contribution >= 0.6 is 17.0 Å². The number of hydrogen-bond donors (Lipinski definition) is 0. The second-order valence-corrected chi connectivity index (χ2v) is 61.9. The fourth-order valence-electron chi connectivity index (χ4n) is 13.0. The Labute approximate surface area is 340 Å². The molecule has 56 heavy (non-hydrogen) atoms. The van der Waals surface area contributed by atoms with Crippen molar-refractivity contribution in [2.45, 2.75) is 132 Å². The predicted octanol–water partition coefficient (Wildman–Crippen LogP) is 17.1. The molecule has 0 atom stereocenters. The molecule has 296 valence electrons. The van der Waals surface area contributed by atoms with Gasteiger partial charge in [0.25, 0.3) is 0 Å². The van der Waals surface area contributed by atoms with Crippen molar-refractivity contribution in [1.29, 1.82) is 0 Å². The molecule has 3 heteroatoms. The van der Waals surface area contributed by atoms with Crippen molar-refractivity contribution in [2.75, 3.05) is 0 Å². The molecule has 4 aliphatic carbocycles. The van der Waals surface area contributed by atoms with Gasteiger partial charge >= 0.3 is 343 Å². The Balaban J connectivity index is 1.56. The molecule has 0 bridgehead atoms. The van der Waals surface area contributed by atoms with E-state index < -0.39 is 12.9 Å². The first-order chi connectivity index (χ1) is 26.3. The molecule has 0 unspecified atom stereocenters. The maximum absolute atomic E-state index is 9.64. The molecule has 0 aromatic heterocycles. The van der Waals surface area contributed by atoms with Crippen LogP contribution < -0.4 is 0 Å². The number of benzene rings is 4. The summed E-state index contributed by atoms with van der Waals surface area (Å²) in [4.78, 5) is 0. The Hall–Kier alpha value is -2.31. The van der Waals surface area contributed by atoms with Gasteiger partial charge in [-0.15, -0.1) is 0 Å². The van der Waals surface area contributed by atoms with E-state index in [2.05, 4.69) is 151 Å². The second-order valence-electron chi connectivity index (χ2n) is 21.8. The Bertz CT molecular complexity index is 2180. The van der Waals surface area contributed by atoms with Crippen LogP contribution in [0.2, 0.25) is 11.9 Å². The molecule has 4 aromatic rings. The monoisotopic (exact) mass is 862 g/mol. The summed E-state index contributed by atoms with van der Waals surface area (Å²) in [5.74, 6) is 0.919. The van der Waals surface area contributed by atoms with Crippen molar-refractivity contribution in [3.05, 3.63) is 131 Å². The standard InChI is InChI=1S/C33H33.2C7H13.C5H5.CH2.2ClH.Zr/c1-32(2,3)30-20-26-24(18-28(30)22-13-9-7-10-14-22)17-25-19-29(23-15-11-8-12-16-23)31(21-27(25)26)33(4,5)6;2*1-7-5-3-2-4-6-7;1-2-4-5-3-1;;;;/h7-21H,1-6H3;2*7H,1-6H2;1-5H;1H2;2*1H;/q;;;;;;;+2/p-2. The van der Waals surface area contributed by atoms with Gasteiger partial charge in [0, 0.05) is 0 Å². The molecule has 0 radical (unpaired) electrons. The first kappa shape index (κ1) is 40.5. The molecule has 2 saturated carbocycles. The maximum atomic E-state index is 9.64. The van der Waals surface area contributed by atoms with Crippen molar-refractivity contribution in [3.63, 3.8) is 0 Å². The summed E-state index contributed by atoms with van der Waals surface area (Å²) in [6, 6.07) is 32.4. The molecule has 0 saturated heterocycles.